The van der Waals surface area contributed by atoms with E-state index in [0.717, 1.165) is 19.6 Å². The monoisotopic (exact) mass is 247 g/mol. The molecule has 0 radical (unpaired) electrons. The van der Waals surface area contributed by atoms with E-state index in [1.807, 2.05) is 0 Å². The van der Waals surface area contributed by atoms with Crippen LogP contribution in [-0.4, -0.2) is 19.2 Å². The molecule has 0 aliphatic carbocycles. The van der Waals surface area contributed by atoms with Crippen molar-refractivity contribution < 1.29 is 4.74 Å². The summed E-state index contributed by atoms with van der Waals surface area (Å²) in [5.74, 6) is 0. The Labute approximate surface area is 111 Å². The Balaban J connectivity index is 2.15. The summed E-state index contributed by atoms with van der Waals surface area (Å²) in [6, 6.07) is 9.20. The van der Waals surface area contributed by atoms with Crippen LogP contribution < -0.4 is 5.32 Å². The Morgan fingerprint density at radius 2 is 1.94 bits per heavy atom. The van der Waals surface area contributed by atoms with E-state index in [0.29, 0.717) is 6.04 Å². The Hall–Kier alpha value is -0.860. The molecule has 2 nitrogen and oxygen atoms in total. The van der Waals surface area contributed by atoms with Crippen molar-refractivity contribution in [2.45, 2.75) is 46.3 Å². The van der Waals surface area contributed by atoms with Crippen molar-refractivity contribution in [1.82, 2.24) is 5.32 Å². The Morgan fingerprint density at radius 1 is 1.28 bits per heavy atom. The van der Waals surface area contributed by atoms with Crippen molar-refractivity contribution >= 4 is 0 Å². The largest absolute Gasteiger partial charge is 0.371 e. The first-order chi connectivity index (χ1) is 8.52. The molecular formula is C16H25NO. The molecule has 1 aliphatic rings. The van der Waals surface area contributed by atoms with E-state index in [4.69, 9.17) is 4.74 Å². The van der Waals surface area contributed by atoms with E-state index in [1.165, 1.54) is 11.1 Å². The van der Waals surface area contributed by atoms with E-state index >= 15 is 0 Å². The average Bonchev–Trinajstić information content (AvgIpc) is 2.50. The maximum atomic E-state index is 6.13. The highest BCUT2D eigenvalue weighted by Crippen LogP contribution is 2.28. The third-order valence-electron chi connectivity index (χ3n) is 3.73. The molecule has 1 heterocycles. The van der Waals surface area contributed by atoms with Gasteiger partial charge in [-0.25, -0.2) is 0 Å². The maximum Gasteiger partial charge on any atom is 0.0975 e. The van der Waals surface area contributed by atoms with Crippen LogP contribution in [-0.2, 0) is 11.2 Å². The van der Waals surface area contributed by atoms with E-state index in [9.17, 15) is 0 Å². The summed E-state index contributed by atoms with van der Waals surface area (Å²) < 4.78 is 6.13. The van der Waals surface area contributed by atoms with Gasteiger partial charge < -0.3 is 10.1 Å². The minimum atomic E-state index is 0.165. The highest BCUT2D eigenvalue weighted by molar-refractivity contribution is 5.25. The highest BCUT2D eigenvalue weighted by Gasteiger charge is 2.29. The molecule has 0 saturated carbocycles. The summed E-state index contributed by atoms with van der Waals surface area (Å²) in [6.45, 7) is 10.7. The lowest BCUT2D eigenvalue weighted by molar-refractivity contribution is 0.0126. The number of ether oxygens (including phenoxy) is 1. The Morgan fingerprint density at radius 3 is 2.56 bits per heavy atom. The van der Waals surface area contributed by atoms with Crippen LogP contribution in [0.3, 0.4) is 0 Å². The fourth-order valence-electron chi connectivity index (χ4n) is 2.38. The molecule has 18 heavy (non-hydrogen) atoms. The number of benzene rings is 1. The topological polar surface area (TPSA) is 21.3 Å². The van der Waals surface area contributed by atoms with Crippen LogP contribution in [0.25, 0.3) is 0 Å². The third kappa shape index (κ3) is 3.12. The zero-order valence-electron chi connectivity index (χ0n) is 12.0. The van der Waals surface area contributed by atoms with Crippen molar-refractivity contribution in [3.05, 3.63) is 35.4 Å². The summed E-state index contributed by atoms with van der Waals surface area (Å²) in [7, 11) is 0. The lowest BCUT2D eigenvalue weighted by Gasteiger charge is -2.23. The van der Waals surface area contributed by atoms with Crippen LogP contribution in [0.1, 0.15) is 44.9 Å². The second kappa shape index (κ2) is 5.41. The molecule has 1 N–H and O–H groups in total. The molecule has 0 amide bonds. The van der Waals surface area contributed by atoms with Gasteiger partial charge in [0, 0.05) is 18.0 Å². The SMILES string of the molecule is CCc1ccc(C2OCC(C)(C)CNC2C)cc1. The van der Waals surface area contributed by atoms with Gasteiger partial charge in [0.25, 0.3) is 0 Å². The van der Waals surface area contributed by atoms with Gasteiger partial charge in [-0.3, -0.25) is 0 Å². The molecule has 2 rings (SSSR count). The second-order valence-electron chi connectivity index (χ2n) is 6.16. The quantitative estimate of drug-likeness (QED) is 0.865. The summed E-state index contributed by atoms with van der Waals surface area (Å²) in [6.07, 6.45) is 1.25. The third-order valence-corrected chi connectivity index (χ3v) is 3.73. The van der Waals surface area contributed by atoms with Crippen molar-refractivity contribution in [2.75, 3.05) is 13.2 Å². The van der Waals surface area contributed by atoms with Crippen LogP contribution in [0, 0.1) is 5.41 Å². The molecule has 0 aromatic heterocycles. The van der Waals surface area contributed by atoms with Crippen molar-refractivity contribution in [3.8, 4) is 0 Å². The van der Waals surface area contributed by atoms with Crippen LogP contribution in [0.15, 0.2) is 24.3 Å². The van der Waals surface area contributed by atoms with Crippen LogP contribution in [0.2, 0.25) is 0 Å². The van der Waals surface area contributed by atoms with Gasteiger partial charge in [-0.1, -0.05) is 45.0 Å². The molecule has 1 aromatic rings. The summed E-state index contributed by atoms with van der Waals surface area (Å²) >= 11 is 0. The molecule has 1 fully saturated rings. The normalized spacial score (nSPS) is 27.8. The smallest absolute Gasteiger partial charge is 0.0975 e. The molecule has 1 saturated heterocycles. The zero-order chi connectivity index (χ0) is 13.2. The predicted octanol–water partition coefficient (Wildman–Crippen LogP) is 3.32. The van der Waals surface area contributed by atoms with Gasteiger partial charge in [0.2, 0.25) is 0 Å². The summed E-state index contributed by atoms with van der Waals surface area (Å²) in [5, 5.41) is 3.59. The van der Waals surface area contributed by atoms with Gasteiger partial charge in [0.05, 0.1) is 12.7 Å². The minimum absolute atomic E-state index is 0.165. The van der Waals surface area contributed by atoms with Crippen molar-refractivity contribution in [3.63, 3.8) is 0 Å². The first kappa shape index (κ1) is 13.6. The van der Waals surface area contributed by atoms with Crippen LogP contribution in [0.4, 0.5) is 0 Å². The summed E-state index contributed by atoms with van der Waals surface area (Å²) in [5.41, 5.74) is 2.88. The van der Waals surface area contributed by atoms with E-state index < -0.39 is 0 Å². The number of rotatable bonds is 2. The molecule has 0 spiro atoms. The minimum Gasteiger partial charge on any atom is -0.371 e. The van der Waals surface area contributed by atoms with Gasteiger partial charge in [-0.2, -0.15) is 0 Å². The number of nitrogens with one attached hydrogen (secondary N) is 1. The molecule has 0 bridgehead atoms. The molecule has 2 unspecified atom stereocenters. The predicted molar refractivity (Wildman–Crippen MR) is 75.8 cm³/mol. The van der Waals surface area contributed by atoms with E-state index in [2.05, 4.69) is 57.3 Å². The highest BCUT2D eigenvalue weighted by atomic mass is 16.5. The maximum absolute atomic E-state index is 6.13. The first-order valence-corrected chi connectivity index (χ1v) is 6.96. The first-order valence-electron chi connectivity index (χ1n) is 6.96. The second-order valence-corrected chi connectivity index (χ2v) is 6.16. The van der Waals surface area contributed by atoms with Gasteiger partial charge in [-0.05, 0) is 24.5 Å². The molecule has 100 valence electrons. The number of hydrogen-bond donors (Lipinski definition) is 1. The number of hydrogen-bond acceptors (Lipinski definition) is 2. The molecule has 1 aromatic carbocycles. The van der Waals surface area contributed by atoms with Crippen LogP contribution in [0.5, 0.6) is 0 Å². The van der Waals surface area contributed by atoms with Gasteiger partial charge >= 0.3 is 0 Å². The van der Waals surface area contributed by atoms with E-state index in [-0.39, 0.29) is 11.5 Å². The van der Waals surface area contributed by atoms with Gasteiger partial charge in [0.1, 0.15) is 0 Å². The molecular weight excluding hydrogens is 222 g/mol. The van der Waals surface area contributed by atoms with Crippen LogP contribution >= 0.6 is 0 Å². The standard InChI is InChI=1S/C16H25NO/c1-5-13-6-8-14(9-7-13)15-12(2)17-10-16(3,4)11-18-15/h6-9,12,15,17H,5,10-11H2,1-4H3. The van der Waals surface area contributed by atoms with Gasteiger partial charge in [-0.15, -0.1) is 0 Å². The van der Waals surface area contributed by atoms with Crippen molar-refractivity contribution in [1.29, 1.82) is 0 Å². The molecule has 2 heteroatoms. The fourth-order valence-corrected chi connectivity index (χ4v) is 2.38. The Kier molecular flexibility index (Phi) is 4.08. The molecule has 2 atom stereocenters. The lowest BCUT2D eigenvalue weighted by Crippen LogP contribution is -2.35. The zero-order valence-corrected chi connectivity index (χ0v) is 12.0. The lowest BCUT2D eigenvalue weighted by atomic mass is 9.95. The molecule has 1 aliphatic heterocycles. The number of aryl methyl sites for hydroxylation is 1. The van der Waals surface area contributed by atoms with Gasteiger partial charge in [0.15, 0.2) is 0 Å². The summed E-state index contributed by atoms with van der Waals surface area (Å²) in [4.78, 5) is 0. The van der Waals surface area contributed by atoms with Crippen molar-refractivity contribution in [2.24, 2.45) is 5.41 Å². The Bertz CT molecular complexity index is 383. The van der Waals surface area contributed by atoms with E-state index in [1.54, 1.807) is 0 Å². The fraction of sp³-hybridized carbons (Fsp3) is 0.625. The average molecular weight is 247 g/mol.